The molecule has 3 aliphatic rings. The Bertz CT molecular complexity index is 5590. The fourth-order valence-corrected chi connectivity index (χ4v) is 16.5. The van der Waals surface area contributed by atoms with Crippen molar-refractivity contribution < 1.29 is 56.9 Å². The van der Waals surface area contributed by atoms with E-state index in [1.807, 2.05) is 191 Å². The molecule has 0 spiro atoms. The second-order valence-corrected chi connectivity index (χ2v) is 41.0. The number of hydrogen-bond acceptors (Lipinski definition) is 21. The third kappa shape index (κ3) is 25.7. The van der Waals surface area contributed by atoms with Crippen molar-refractivity contribution in [2.75, 3.05) is 13.2 Å². The van der Waals surface area contributed by atoms with Crippen LogP contribution in [0.3, 0.4) is 0 Å². The molecule has 3 fully saturated rings. The van der Waals surface area contributed by atoms with Gasteiger partial charge in [0.2, 0.25) is 0 Å². The van der Waals surface area contributed by atoms with Gasteiger partial charge in [0.15, 0.2) is 0 Å². The quantitative estimate of drug-likeness (QED) is 0.0432. The number of thioether (sulfide) groups is 3. The van der Waals surface area contributed by atoms with Crippen LogP contribution in [0.25, 0.3) is 54.6 Å². The lowest BCUT2D eigenvalue weighted by atomic mass is 9.49. The van der Waals surface area contributed by atoms with E-state index in [2.05, 4.69) is 77.7 Å². The first kappa shape index (κ1) is 103. The first-order chi connectivity index (χ1) is 56.0. The highest BCUT2D eigenvalue weighted by Gasteiger charge is 2.64. The third-order valence-corrected chi connectivity index (χ3v) is 27.1. The van der Waals surface area contributed by atoms with Crippen molar-refractivity contribution in [3.63, 3.8) is 0 Å². The number of ether oxygens (including phenoxy) is 2. The van der Waals surface area contributed by atoms with Gasteiger partial charge < -0.3 is 42.5 Å². The summed E-state index contributed by atoms with van der Waals surface area (Å²) in [5.74, 6) is -1.30. The fourth-order valence-electron chi connectivity index (χ4n) is 11.6. The molecule has 0 saturated carbocycles. The van der Waals surface area contributed by atoms with Crippen LogP contribution >= 0.6 is 120 Å². The first-order valence-electron chi connectivity index (χ1n) is 37.9. The van der Waals surface area contributed by atoms with Gasteiger partial charge in [-0.1, -0.05) is 97.7 Å². The molecule has 0 bridgehead atoms. The monoisotopic (exact) mass is 1960 g/mol. The number of pyridine rings is 3. The van der Waals surface area contributed by atoms with Crippen LogP contribution in [-0.2, 0) is 51.8 Å². The van der Waals surface area contributed by atoms with Crippen LogP contribution < -0.4 is 5.46 Å². The van der Waals surface area contributed by atoms with Gasteiger partial charge in [0.25, 0.3) is 0 Å². The Kier molecular flexibility index (Phi) is 36.1. The summed E-state index contributed by atoms with van der Waals surface area (Å²) in [6.07, 6.45) is 10.7. The van der Waals surface area contributed by atoms with E-state index in [1.54, 1.807) is 112 Å². The molecule has 19 nitrogen and oxygen atoms in total. The smallest absolute Gasteiger partial charge is 0.480 e. The number of nitriles is 4. The Labute approximate surface area is 773 Å². The van der Waals surface area contributed by atoms with Gasteiger partial charge in [0.1, 0.15) is 14.2 Å². The molecule has 10 aromatic rings. The van der Waals surface area contributed by atoms with E-state index in [1.165, 1.54) is 35.3 Å². The van der Waals surface area contributed by atoms with E-state index in [0.717, 1.165) is 82.8 Å². The van der Waals surface area contributed by atoms with E-state index in [4.69, 9.17) is 105 Å². The molecule has 122 heavy (non-hydrogen) atoms. The summed E-state index contributed by atoms with van der Waals surface area (Å²) in [5, 5.41) is 52.8. The fraction of sp³-hybridized carbons (Fsp3) is 0.363. The molecular weight excluding hydrogens is 1860 g/mol. The molecule has 0 amide bonds. The number of aromatic nitrogens is 3. The lowest BCUT2D eigenvalue weighted by molar-refractivity contribution is -0.145. The number of carboxylic acid groups (broad SMARTS) is 1. The van der Waals surface area contributed by atoms with Gasteiger partial charge >= 0.3 is 39.0 Å². The number of nitrogens with zero attached hydrogens (tertiary/aromatic N) is 7. The predicted octanol–water partition coefficient (Wildman–Crippen LogP) is 24.5. The molecule has 0 radical (unpaired) electrons. The molecular formula is C91H100B3BrCl4IN7O12S3. The number of hydrogen-bond donors (Lipinski definition) is 1. The van der Waals surface area contributed by atoms with E-state index in [9.17, 15) is 19.5 Å². The van der Waals surface area contributed by atoms with Crippen LogP contribution in [0.2, 0.25) is 20.1 Å². The molecule has 3 aromatic heterocycles. The van der Waals surface area contributed by atoms with E-state index < -0.39 is 52.5 Å². The summed E-state index contributed by atoms with van der Waals surface area (Å²) in [4.78, 5) is 51.2. The van der Waals surface area contributed by atoms with Crippen molar-refractivity contribution in [1.82, 2.24) is 15.0 Å². The third-order valence-electron chi connectivity index (χ3n) is 20.5. The maximum Gasteiger partial charge on any atom is 0.496 e. The summed E-state index contributed by atoms with van der Waals surface area (Å²) in [6, 6.07) is 46.7. The highest BCUT2D eigenvalue weighted by Crippen LogP contribution is 2.46. The number of esters is 2. The van der Waals surface area contributed by atoms with Crippen LogP contribution in [0.5, 0.6) is 0 Å². The molecule has 0 atom stereocenters. The molecule has 7 aromatic carbocycles. The Balaban J connectivity index is 0.000000231. The molecule has 6 heterocycles. The lowest BCUT2D eigenvalue weighted by Gasteiger charge is -2.32. The van der Waals surface area contributed by atoms with Crippen molar-refractivity contribution in [3.05, 3.63) is 215 Å². The van der Waals surface area contributed by atoms with Crippen molar-refractivity contribution in [2.24, 2.45) is 0 Å². The maximum atomic E-state index is 12.2. The topological polar surface area (TPSA) is 279 Å². The Hall–Kier alpha value is -7.49. The van der Waals surface area contributed by atoms with Gasteiger partial charge in [-0.05, 0) is 284 Å². The SMILES string of the molecule is C.C.CC(C)(Sc1ccc2cncc(-c3ccc(C#N)cc3Cl)c2c1)C(=O)O.CC1(C)OB(B2OC(C)(C)C(C)(C)O2)OC1(C)C.CC1(C)OB(c2ccc(C#N)cc2Cl)OC1(C)C.CCOC(=O)C(C)(C)Sc1ccc2cncc(-c3ccc(C#N)cc3Cl)c2c1.CCOC(=O)C(C)(C)Sc1ccc2cncc(I)c2c1.N#Cc1ccc(Br)c(Cl)c1. The maximum absolute atomic E-state index is 12.2. The summed E-state index contributed by atoms with van der Waals surface area (Å²) < 4.78 is 45.7. The highest BCUT2D eigenvalue weighted by atomic mass is 127. The predicted molar refractivity (Wildman–Crippen MR) is 510 cm³/mol. The summed E-state index contributed by atoms with van der Waals surface area (Å²) >= 11 is 34.4. The summed E-state index contributed by atoms with van der Waals surface area (Å²) in [5.41, 5.74) is 3.95. The van der Waals surface area contributed by atoms with Gasteiger partial charge in [0.05, 0.1) is 98.4 Å². The van der Waals surface area contributed by atoms with Gasteiger partial charge in [-0.2, -0.15) is 21.0 Å². The lowest BCUT2D eigenvalue weighted by Crippen LogP contribution is -2.41. The average Bonchev–Trinajstić information content (AvgIpc) is 1.57. The largest absolute Gasteiger partial charge is 0.496 e. The molecule has 1 N–H and O–H groups in total. The van der Waals surface area contributed by atoms with Crippen LogP contribution in [0, 0.1) is 48.9 Å². The van der Waals surface area contributed by atoms with Crippen LogP contribution in [-0.4, -0.2) is 120 Å². The summed E-state index contributed by atoms with van der Waals surface area (Å²) in [7, 11) is -1.44. The molecule has 0 unspecified atom stereocenters. The van der Waals surface area contributed by atoms with E-state index >= 15 is 0 Å². The van der Waals surface area contributed by atoms with Crippen molar-refractivity contribution in [2.45, 2.75) is 216 Å². The number of carbonyl (C=O) groups excluding carboxylic acids is 2. The minimum atomic E-state index is -0.938. The zero-order chi connectivity index (χ0) is 89.1. The molecule has 31 heteroatoms. The number of benzene rings is 7. The van der Waals surface area contributed by atoms with Crippen LogP contribution in [0.1, 0.15) is 176 Å². The normalized spacial score (nSPS) is 15.4. The number of halogens is 6. The zero-order valence-corrected chi connectivity index (χ0v) is 79.5. The summed E-state index contributed by atoms with van der Waals surface area (Å²) in [6.45, 7) is 39.4. The Morgan fingerprint density at radius 1 is 0.434 bits per heavy atom. The standard InChI is InChI=1S/C22H19ClN2O2S.C20H15ClN2O2S.C15H16INO2S.C13H15BClNO2.C12H24B2O4.C7H3BrClN.2CH4/c1-4-27-21(26)22(2,3)28-16-7-6-15-12-25-13-19(18(15)10-16)17-8-5-14(11-24)9-20(17)23;1-20(2,19(24)25)26-14-5-4-13-10-23-11-17(16(13)8-14)15-6-3-12(9-22)7-18(15)21;1-4-19-14(18)15(2,3)20-11-6-5-10-8-17-9-13(16)12(10)7-11;1-12(2)13(3,4)18-14(17-12)10-6-5-9(8-16)7-11(10)15;1-9(2)10(3,4)16-13(15-9)14-17-11(5,6)12(7,8)18-14;8-6-2-1-5(4-10)3-7(6)9;;/h5-10,12-13H,4H2,1-3H3;3-8,10-11H,1-2H3,(H,24,25);5-9H,4H2,1-3H3;5-7H,1-4H3;1-8H3;1-3H;2*1H4. The Morgan fingerprint density at radius 3 is 1.08 bits per heavy atom. The van der Waals surface area contributed by atoms with Gasteiger partial charge in [-0.3, -0.25) is 29.3 Å². The van der Waals surface area contributed by atoms with Gasteiger partial charge in [0, 0.05) is 119 Å². The second kappa shape index (κ2) is 42.7. The molecule has 640 valence electrons. The number of aliphatic carboxylic acids is 1. The van der Waals surface area contributed by atoms with Gasteiger partial charge in [-0.25, -0.2) is 0 Å². The first-order valence-corrected chi connectivity index (χ1v) is 43.8. The number of carboxylic acids is 1. The molecule has 0 aliphatic carbocycles. The van der Waals surface area contributed by atoms with Gasteiger partial charge in [-0.15, -0.1) is 35.3 Å². The minimum absolute atomic E-state index is 0. The minimum Gasteiger partial charge on any atom is -0.480 e. The average molecular weight is 1960 g/mol. The Morgan fingerprint density at radius 2 is 0.746 bits per heavy atom. The van der Waals surface area contributed by atoms with Crippen molar-refractivity contribution in [3.8, 4) is 46.5 Å². The van der Waals surface area contributed by atoms with E-state index in [0.29, 0.717) is 55.6 Å². The van der Waals surface area contributed by atoms with E-state index in [-0.39, 0.29) is 49.2 Å². The molecule has 3 aliphatic heterocycles. The number of rotatable bonds is 15. The number of fused-ring (bicyclic) bond motifs is 3. The zero-order valence-electron chi connectivity index (χ0n) is 70.3. The van der Waals surface area contributed by atoms with Crippen molar-refractivity contribution >= 4 is 197 Å². The van der Waals surface area contributed by atoms with Crippen LogP contribution in [0.4, 0.5) is 0 Å². The molecule has 3 saturated heterocycles. The second-order valence-electron chi connectivity index (χ2n) is 32.3. The van der Waals surface area contributed by atoms with Crippen LogP contribution in [0.15, 0.2) is 184 Å². The number of carbonyl (C=O) groups is 3. The highest BCUT2D eigenvalue weighted by molar-refractivity contribution is 14.1. The molecule has 13 rings (SSSR count). The van der Waals surface area contributed by atoms with Crippen molar-refractivity contribution in [1.29, 1.82) is 21.0 Å².